The molecule has 0 N–H and O–H groups in total. The van der Waals surface area contributed by atoms with E-state index in [0.717, 1.165) is 21.8 Å². The number of aromatic nitrogens is 1. The van der Waals surface area contributed by atoms with Gasteiger partial charge in [-0.15, -0.1) is 11.3 Å². The van der Waals surface area contributed by atoms with Crippen LogP contribution in [0.2, 0.25) is 0 Å². The standard InChI is InChI=1S/C14H16N2OS/c1-9-5-6-11(10(2)7-9)13(17)12-8-18-14(15-12)16(3)4/h5-8H,1-4H3. The third-order valence-electron chi connectivity index (χ3n) is 2.73. The van der Waals surface area contributed by atoms with Gasteiger partial charge in [-0.05, 0) is 19.4 Å². The first-order valence-electron chi connectivity index (χ1n) is 5.74. The predicted molar refractivity (Wildman–Crippen MR) is 75.8 cm³/mol. The van der Waals surface area contributed by atoms with E-state index in [2.05, 4.69) is 4.98 Å². The number of ketones is 1. The predicted octanol–water partition coefficient (Wildman–Crippen LogP) is 3.06. The number of hydrogen-bond donors (Lipinski definition) is 0. The van der Waals surface area contributed by atoms with Gasteiger partial charge >= 0.3 is 0 Å². The quantitative estimate of drug-likeness (QED) is 0.795. The molecule has 4 heteroatoms. The Balaban J connectivity index is 2.35. The van der Waals surface area contributed by atoms with E-state index in [-0.39, 0.29) is 5.78 Å². The maximum atomic E-state index is 12.3. The van der Waals surface area contributed by atoms with Crippen LogP contribution in [0.25, 0.3) is 0 Å². The topological polar surface area (TPSA) is 33.2 Å². The molecule has 94 valence electrons. The molecule has 0 unspecified atom stereocenters. The molecule has 0 radical (unpaired) electrons. The van der Waals surface area contributed by atoms with Crippen molar-refractivity contribution in [1.82, 2.24) is 4.98 Å². The van der Waals surface area contributed by atoms with Crippen LogP contribution in [0.15, 0.2) is 23.6 Å². The van der Waals surface area contributed by atoms with E-state index in [1.54, 1.807) is 0 Å². The van der Waals surface area contributed by atoms with E-state index in [1.165, 1.54) is 11.3 Å². The normalized spacial score (nSPS) is 10.4. The second kappa shape index (κ2) is 4.90. The maximum Gasteiger partial charge on any atom is 0.212 e. The zero-order chi connectivity index (χ0) is 13.3. The second-order valence-electron chi connectivity index (χ2n) is 4.56. The van der Waals surface area contributed by atoms with E-state index in [0.29, 0.717) is 5.69 Å². The molecule has 1 aromatic carbocycles. The third-order valence-corrected chi connectivity index (χ3v) is 3.74. The molecule has 0 aliphatic carbocycles. The summed E-state index contributed by atoms with van der Waals surface area (Å²) in [6, 6.07) is 5.85. The van der Waals surface area contributed by atoms with Crippen LogP contribution < -0.4 is 4.90 Å². The number of thiazole rings is 1. The summed E-state index contributed by atoms with van der Waals surface area (Å²) in [5, 5.41) is 2.67. The van der Waals surface area contributed by atoms with Crippen molar-refractivity contribution in [2.24, 2.45) is 0 Å². The Kier molecular flexibility index (Phi) is 3.48. The van der Waals surface area contributed by atoms with Gasteiger partial charge in [0.05, 0.1) is 0 Å². The minimum absolute atomic E-state index is 0.00292. The van der Waals surface area contributed by atoms with Crippen molar-refractivity contribution in [3.8, 4) is 0 Å². The van der Waals surface area contributed by atoms with Gasteiger partial charge in [-0.3, -0.25) is 4.79 Å². The van der Waals surface area contributed by atoms with Gasteiger partial charge in [0.2, 0.25) is 5.78 Å². The molecule has 18 heavy (non-hydrogen) atoms. The minimum Gasteiger partial charge on any atom is -0.354 e. The summed E-state index contributed by atoms with van der Waals surface area (Å²) in [5.74, 6) is -0.00292. The fourth-order valence-corrected chi connectivity index (χ4v) is 2.52. The zero-order valence-corrected chi connectivity index (χ0v) is 11.8. The smallest absolute Gasteiger partial charge is 0.212 e. The number of aryl methyl sites for hydroxylation is 2. The van der Waals surface area contributed by atoms with Crippen molar-refractivity contribution < 1.29 is 4.79 Å². The lowest BCUT2D eigenvalue weighted by Crippen LogP contribution is -2.09. The van der Waals surface area contributed by atoms with Crippen LogP contribution in [0.4, 0.5) is 5.13 Å². The van der Waals surface area contributed by atoms with Crippen LogP contribution >= 0.6 is 11.3 Å². The van der Waals surface area contributed by atoms with E-state index >= 15 is 0 Å². The number of carbonyl (C=O) groups excluding carboxylic acids is 1. The first-order chi connectivity index (χ1) is 8.49. The Bertz CT molecular complexity index is 587. The van der Waals surface area contributed by atoms with Crippen LogP contribution in [0, 0.1) is 13.8 Å². The number of benzene rings is 1. The number of nitrogens with zero attached hydrogens (tertiary/aromatic N) is 2. The minimum atomic E-state index is -0.00292. The molecule has 0 spiro atoms. The summed E-state index contributed by atoms with van der Waals surface area (Å²) in [5.41, 5.74) is 3.42. The fraction of sp³-hybridized carbons (Fsp3) is 0.286. The first kappa shape index (κ1) is 12.8. The highest BCUT2D eigenvalue weighted by atomic mass is 32.1. The van der Waals surface area contributed by atoms with Crippen LogP contribution in [0.3, 0.4) is 0 Å². The van der Waals surface area contributed by atoms with Gasteiger partial charge in [-0.1, -0.05) is 23.8 Å². The molecule has 0 aliphatic rings. The van der Waals surface area contributed by atoms with Gasteiger partial charge in [-0.25, -0.2) is 4.98 Å². The maximum absolute atomic E-state index is 12.3. The highest BCUT2D eigenvalue weighted by molar-refractivity contribution is 7.13. The van der Waals surface area contributed by atoms with E-state index in [9.17, 15) is 4.79 Å². The average Bonchev–Trinajstić information content (AvgIpc) is 2.77. The highest BCUT2D eigenvalue weighted by Gasteiger charge is 2.15. The number of anilines is 1. The summed E-state index contributed by atoms with van der Waals surface area (Å²) in [6.45, 7) is 3.98. The molecule has 0 atom stereocenters. The Morgan fingerprint density at radius 3 is 2.56 bits per heavy atom. The molecular weight excluding hydrogens is 244 g/mol. The van der Waals surface area contributed by atoms with Crippen molar-refractivity contribution >= 4 is 22.3 Å². The molecule has 0 bridgehead atoms. The Morgan fingerprint density at radius 1 is 1.28 bits per heavy atom. The summed E-state index contributed by atoms with van der Waals surface area (Å²) < 4.78 is 0. The van der Waals surface area contributed by atoms with Crippen molar-refractivity contribution in [1.29, 1.82) is 0 Å². The molecule has 2 rings (SSSR count). The Hall–Kier alpha value is -1.68. The number of rotatable bonds is 3. The van der Waals surface area contributed by atoms with E-state index in [1.807, 2.05) is 56.4 Å². The van der Waals surface area contributed by atoms with Gasteiger partial charge in [0, 0.05) is 25.0 Å². The SMILES string of the molecule is Cc1ccc(C(=O)c2csc(N(C)C)n2)c(C)c1. The number of carbonyl (C=O) groups is 1. The molecule has 0 fully saturated rings. The highest BCUT2D eigenvalue weighted by Crippen LogP contribution is 2.21. The van der Waals surface area contributed by atoms with E-state index in [4.69, 9.17) is 0 Å². The van der Waals surface area contributed by atoms with Crippen LogP contribution in [0.5, 0.6) is 0 Å². The van der Waals surface area contributed by atoms with Gasteiger partial charge in [0.25, 0.3) is 0 Å². The van der Waals surface area contributed by atoms with Gasteiger partial charge < -0.3 is 4.90 Å². The number of hydrogen-bond acceptors (Lipinski definition) is 4. The van der Waals surface area contributed by atoms with Crippen molar-refractivity contribution in [2.75, 3.05) is 19.0 Å². The molecule has 0 saturated carbocycles. The summed E-state index contributed by atoms with van der Waals surface area (Å²) in [4.78, 5) is 18.6. The first-order valence-corrected chi connectivity index (χ1v) is 6.62. The molecule has 0 amide bonds. The average molecular weight is 260 g/mol. The lowest BCUT2D eigenvalue weighted by Gasteiger charge is -2.06. The molecule has 1 heterocycles. The third kappa shape index (κ3) is 2.43. The Labute approximate surface area is 111 Å². The largest absolute Gasteiger partial charge is 0.354 e. The zero-order valence-electron chi connectivity index (χ0n) is 11.0. The van der Waals surface area contributed by atoms with Crippen molar-refractivity contribution in [3.05, 3.63) is 46.0 Å². The molecule has 0 saturated heterocycles. The summed E-state index contributed by atoms with van der Waals surface area (Å²) in [6.07, 6.45) is 0. The van der Waals surface area contributed by atoms with Crippen LogP contribution in [0.1, 0.15) is 27.2 Å². The molecular formula is C14H16N2OS. The summed E-state index contributed by atoms with van der Waals surface area (Å²) >= 11 is 1.48. The van der Waals surface area contributed by atoms with Gasteiger partial charge in [-0.2, -0.15) is 0 Å². The fourth-order valence-electron chi connectivity index (χ4n) is 1.78. The monoisotopic (exact) mass is 260 g/mol. The van der Waals surface area contributed by atoms with Crippen molar-refractivity contribution in [2.45, 2.75) is 13.8 Å². The van der Waals surface area contributed by atoms with Gasteiger partial charge in [0.1, 0.15) is 5.69 Å². The summed E-state index contributed by atoms with van der Waals surface area (Å²) in [7, 11) is 3.84. The molecule has 1 aromatic heterocycles. The van der Waals surface area contributed by atoms with E-state index < -0.39 is 0 Å². The van der Waals surface area contributed by atoms with Crippen molar-refractivity contribution in [3.63, 3.8) is 0 Å². The molecule has 0 aliphatic heterocycles. The Morgan fingerprint density at radius 2 is 2.00 bits per heavy atom. The second-order valence-corrected chi connectivity index (χ2v) is 5.39. The van der Waals surface area contributed by atoms with Crippen LogP contribution in [-0.4, -0.2) is 24.9 Å². The van der Waals surface area contributed by atoms with Crippen LogP contribution in [-0.2, 0) is 0 Å². The lowest BCUT2D eigenvalue weighted by molar-refractivity contribution is 0.103. The molecule has 2 aromatic rings. The lowest BCUT2D eigenvalue weighted by atomic mass is 10.0. The van der Waals surface area contributed by atoms with Gasteiger partial charge in [0.15, 0.2) is 5.13 Å². The molecule has 3 nitrogen and oxygen atoms in total.